The Kier molecular flexibility index (Phi) is 4.54. The van der Waals surface area contributed by atoms with E-state index in [2.05, 4.69) is 29.4 Å². The lowest BCUT2D eigenvalue weighted by molar-refractivity contribution is 0.544. The fraction of sp³-hybridized carbons (Fsp3) is 0.700. The van der Waals surface area contributed by atoms with Crippen molar-refractivity contribution in [3.63, 3.8) is 0 Å². The Morgan fingerprint density at radius 1 is 1.54 bits per heavy atom. The van der Waals surface area contributed by atoms with Gasteiger partial charge in [0.05, 0.1) is 6.20 Å². The lowest BCUT2D eigenvalue weighted by atomic mass is 10.2. The molecule has 1 aromatic heterocycles. The SMILES string of the molecule is CCCCCNC(C)c1cn[nH]c1. The molecule has 1 heterocycles. The number of nitrogens with one attached hydrogen (secondary N) is 2. The van der Waals surface area contributed by atoms with E-state index in [0.717, 1.165) is 6.54 Å². The van der Waals surface area contributed by atoms with Gasteiger partial charge in [0, 0.05) is 17.8 Å². The molecule has 3 nitrogen and oxygen atoms in total. The third-order valence-corrected chi connectivity index (χ3v) is 2.25. The zero-order valence-electron chi connectivity index (χ0n) is 8.51. The molecule has 1 rings (SSSR count). The standard InChI is InChI=1S/C10H19N3/c1-3-4-5-6-11-9(2)10-7-12-13-8-10/h7-9,11H,3-6H2,1-2H3,(H,12,13). The van der Waals surface area contributed by atoms with Crippen molar-refractivity contribution in [1.29, 1.82) is 0 Å². The van der Waals surface area contributed by atoms with E-state index in [1.165, 1.54) is 24.8 Å². The summed E-state index contributed by atoms with van der Waals surface area (Å²) in [6.45, 7) is 5.48. The molecule has 0 fully saturated rings. The van der Waals surface area contributed by atoms with Crippen molar-refractivity contribution in [1.82, 2.24) is 15.5 Å². The summed E-state index contributed by atoms with van der Waals surface area (Å²) in [6, 6.07) is 0.413. The molecule has 13 heavy (non-hydrogen) atoms. The van der Waals surface area contributed by atoms with Crippen molar-refractivity contribution in [2.75, 3.05) is 6.54 Å². The van der Waals surface area contributed by atoms with Crippen LogP contribution in [-0.4, -0.2) is 16.7 Å². The van der Waals surface area contributed by atoms with Crippen LogP contribution in [0.1, 0.15) is 44.7 Å². The Morgan fingerprint density at radius 2 is 2.38 bits per heavy atom. The van der Waals surface area contributed by atoms with Gasteiger partial charge in [-0.05, 0) is 19.9 Å². The van der Waals surface area contributed by atoms with Crippen LogP contribution in [0.25, 0.3) is 0 Å². The molecule has 0 aliphatic heterocycles. The second kappa shape index (κ2) is 5.75. The molecule has 1 unspecified atom stereocenters. The summed E-state index contributed by atoms with van der Waals surface area (Å²) in [5.41, 5.74) is 1.23. The smallest absolute Gasteiger partial charge is 0.0534 e. The Labute approximate surface area is 79.9 Å². The summed E-state index contributed by atoms with van der Waals surface area (Å²) < 4.78 is 0. The quantitative estimate of drug-likeness (QED) is 0.661. The highest BCUT2D eigenvalue weighted by Crippen LogP contribution is 2.08. The van der Waals surface area contributed by atoms with E-state index in [9.17, 15) is 0 Å². The van der Waals surface area contributed by atoms with Crippen molar-refractivity contribution in [2.24, 2.45) is 0 Å². The predicted octanol–water partition coefficient (Wildman–Crippen LogP) is 2.25. The third-order valence-electron chi connectivity index (χ3n) is 2.25. The minimum Gasteiger partial charge on any atom is -0.310 e. The molecule has 0 spiro atoms. The highest BCUT2D eigenvalue weighted by molar-refractivity contribution is 5.07. The second-order valence-corrected chi connectivity index (χ2v) is 3.41. The van der Waals surface area contributed by atoms with Crippen LogP contribution in [0, 0.1) is 0 Å². The Balaban J connectivity index is 2.15. The normalized spacial score (nSPS) is 13.1. The molecule has 0 aliphatic carbocycles. The Bertz CT molecular complexity index is 206. The third kappa shape index (κ3) is 3.59. The first-order valence-corrected chi connectivity index (χ1v) is 5.06. The molecule has 0 amide bonds. The lowest BCUT2D eigenvalue weighted by Crippen LogP contribution is -2.19. The second-order valence-electron chi connectivity index (χ2n) is 3.41. The van der Waals surface area contributed by atoms with Crippen molar-refractivity contribution < 1.29 is 0 Å². The molecule has 3 heteroatoms. The molecule has 74 valence electrons. The number of aromatic nitrogens is 2. The van der Waals surface area contributed by atoms with Gasteiger partial charge in [-0.2, -0.15) is 5.10 Å². The summed E-state index contributed by atoms with van der Waals surface area (Å²) in [6.07, 6.45) is 7.67. The summed E-state index contributed by atoms with van der Waals surface area (Å²) in [4.78, 5) is 0. The molecule has 0 radical (unpaired) electrons. The van der Waals surface area contributed by atoms with E-state index in [0.29, 0.717) is 6.04 Å². The van der Waals surface area contributed by atoms with Crippen molar-refractivity contribution in [2.45, 2.75) is 39.2 Å². The first-order chi connectivity index (χ1) is 6.34. The number of nitrogens with zero attached hydrogens (tertiary/aromatic N) is 1. The van der Waals surface area contributed by atoms with Gasteiger partial charge in [-0.25, -0.2) is 0 Å². The molecule has 1 aromatic rings. The van der Waals surface area contributed by atoms with Gasteiger partial charge in [0.2, 0.25) is 0 Å². The number of rotatable bonds is 6. The topological polar surface area (TPSA) is 40.7 Å². The average Bonchev–Trinajstić information content (AvgIpc) is 2.65. The number of unbranched alkanes of at least 4 members (excludes halogenated alkanes) is 2. The van der Waals surface area contributed by atoms with Gasteiger partial charge in [0.15, 0.2) is 0 Å². The minimum atomic E-state index is 0.413. The van der Waals surface area contributed by atoms with Crippen LogP contribution >= 0.6 is 0 Å². The molecule has 2 N–H and O–H groups in total. The fourth-order valence-corrected chi connectivity index (χ4v) is 1.31. The van der Waals surface area contributed by atoms with Crippen molar-refractivity contribution >= 4 is 0 Å². The van der Waals surface area contributed by atoms with E-state index in [4.69, 9.17) is 0 Å². The highest BCUT2D eigenvalue weighted by atomic mass is 15.1. The van der Waals surface area contributed by atoms with Crippen LogP contribution in [0.4, 0.5) is 0 Å². The van der Waals surface area contributed by atoms with Crippen LogP contribution in [0.3, 0.4) is 0 Å². The van der Waals surface area contributed by atoms with Gasteiger partial charge < -0.3 is 5.32 Å². The summed E-state index contributed by atoms with van der Waals surface area (Å²) in [7, 11) is 0. The highest BCUT2D eigenvalue weighted by Gasteiger charge is 2.03. The first kappa shape index (κ1) is 10.3. The van der Waals surface area contributed by atoms with Gasteiger partial charge in [-0.15, -0.1) is 0 Å². The van der Waals surface area contributed by atoms with Crippen molar-refractivity contribution in [3.8, 4) is 0 Å². The van der Waals surface area contributed by atoms with Gasteiger partial charge >= 0.3 is 0 Å². The maximum Gasteiger partial charge on any atom is 0.0534 e. The van der Waals surface area contributed by atoms with Crippen LogP contribution in [0.5, 0.6) is 0 Å². The average molecular weight is 181 g/mol. The Hall–Kier alpha value is -0.830. The van der Waals surface area contributed by atoms with E-state index in [1.807, 2.05) is 12.4 Å². The number of hydrogen-bond acceptors (Lipinski definition) is 2. The molecule has 0 saturated heterocycles. The van der Waals surface area contributed by atoms with Crippen molar-refractivity contribution in [3.05, 3.63) is 18.0 Å². The molecule has 0 bridgehead atoms. The van der Waals surface area contributed by atoms with E-state index in [1.54, 1.807) is 0 Å². The first-order valence-electron chi connectivity index (χ1n) is 5.06. The monoisotopic (exact) mass is 181 g/mol. The largest absolute Gasteiger partial charge is 0.310 e. The van der Waals surface area contributed by atoms with Gasteiger partial charge in [-0.3, -0.25) is 5.10 Å². The summed E-state index contributed by atoms with van der Waals surface area (Å²) in [5, 5.41) is 10.2. The number of H-pyrrole nitrogens is 1. The van der Waals surface area contributed by atoms with Gasteiger partial charge in [0.1, 0.15) is 0 Å². The maximum absolute atomic E-state index is 3.92. The number of aromatic amines is 1. The van der Waals surface area contributed by atoms with E-state index < -0.39 is 0 Å². The Morgan fingerprint density at radius 3 is 3.00 bits per heavy atom. The summed E-state index contributed by atoms with van der Waals surface area (Å²) in [5.74, 6) is 0. The lowest BCUT2D eigenvalue weighted by Gasteiger charge is -2.10. The van der Waals surface area contributed by atoms with Crippen LogP contribution in [0.15, 0.2) is 12.4 Å². The maximum atomic E-state index is 3.92. The molecule has 0 aliphatic rings. The zero-order chi connectivity index (χ0) is 9.52. The van der Waals surface area contributed by atoms with E-state index in [-0.39, 0.29) is 0 Å². The zero-order valence-corrected chi connectivity index (χ0v) is 8.51. The molecule has 1 atom stereocenters. The van der Waals surface area contributed by atoms with Crippen LogP contribution in [-0.2, 0) is 0 Å². The molecular formula is C10H19N3. The fourth-order valence-electron chi connectivity index (χ4n) is 1.31. The van der Waals surface area contributed by atoms with Gasteiger partial charge in [-0.1, -0.05) is 19.8 Å². The van der Waals surface area contributed by atoms with Crippen LogP contribution < -0.4 is 5.32 Å². The van der Waals surface area contributed by atoms with E-state index >= 15 is 0 Å². The van der Waals surface area contributed by atoms with Crippen LogP contribution in [0.2, 0.25) is 0 Å². The van der Waals surface area contributed by atoms with Gasteiger partial charge in [0.25, 0.3) is 0 Å². The molecule has 0 saturated carbocycles. The number of hydrogen-bond donors (Lipinski definition) is 2. The minimum absolute atomic E-state index is 0.413. The molecular weight excluding hydrogens is 162 g/mol. The summed E-state index contributed by atoms with van der Waals surface area (Å²) >= 11 is 0. The predicted molar refractivity (Wildman–Crippen MR) is 54.5 cm³/mol. The molecule has 0 aromatic carbocycles.